The Labute approximate surface area is 156 Å². The number of nitrogens with one attached hydrogen (secondary N) is 1. The van der Waals surface area contributed by atoms with E-state index in [9.17, 15) is 13.2 Å². The van der Waals surface area contributed by atoms with Crippen molar-refractivity contribution >= 4 is 15.9 Å². The number of aryl methyl sites for hydroxylation is 3. The minimum absolute atomic E-state index is 0.0666. The second kappa shape index (κ2) is 8.47. The van der Waals surface area contributed by atoms with Crippen LogP contribution in [0, 0.1) is 13.8 Å². The zero-order chi connectivity index (χ0) is 19.3. The molecule has 5 nitrogen and oxygen atoms in total. The molecule has 2 aromatic rings. The van der Waals surface area contributed by atoms with Crippen molar-refractivity contribution in [3.63, 3.8) is 0 Å². The van der Waals surface area contributed by atoms with Crippen LogP contribution < -0.4 is 4.72 Å². The highest BCUT2D eigenvalue weighted by Crippen LogP contribution is 2.15. The molecule has 0 bridgehead atoms. The van der Waals surface area contributed by atoms with Crippen molar-refractivity contribution in [3.8, 4) is 0 Å². The number of sulfonamides is 1. The van der Waals surface area contributed by atoms with Gasteiger partial charge in [0.2, 0.25) is 15.9 Å². The van der Waals surface area contributed by atoms with Gasteiger partial charge < -0.3 is 4.90 Å². The lowest BCUT2D eigenvalue weighted by Gasteiger charge is -2.19. The summed E-state index contributed by atoms with van der Waals surface area (Å²) < 4.78 is 25.7. The summed E-state index contributed by atoms with van der Waals surface area (Å²) in [7, 11) is -0.234. The van der Waals surface area contributed by atoms with Gasteiger partial charge in [-0.15, -0.1) is 0 Å². The largest absolute Gasteiger partial charge is 0.341 e. The molecule has 0 fully saturated rings. The van der Waals surface area contributed by atoms with Crippen LogP contribution in [0.1, 0.15) is 28.7 Å². The number of hydrogen-bond donors (Lipinski definition) is 1. The van der Waals surface area contributed by atoms with Crippen LogP contribution in [-0.4, -0.2) is 33.3 Å². The van der Waals surface area contributed by atoms with Crippen LogP contribution in [0.15, 0.2) is 47.4 Å². The molecule has 0 aromatic heterocycles. The fourth-order valence-corrected chi connectivity index (χ4v) is 3.49. The van der Waals surface area contributed by atoms with Crippen LogP contribution in [0.5, 0.6) is 0 Å². The summed E-state index contributed by atoms with van der Waals surface area (Å²) in [5.74, 6) is 0.0666. The lowest BCUT2D eigenvalue weighted by Crippen LogP contribution is -2.26. The molecule has 0 aliphatic heterocycles. The number of carbonyl (C=O) groups excluding carboxylic acids is 1. The first kappa shape index (κ1) is 20.1. The molecule has 140 valence electrons. The van der Waals surface area contributed by atoms with Gasteiger partial charge in [0.05, 0.1) is 4.90 Å². The zero-order valence-corrected chi connectivity index (χ0v) is 16.6. The van der Waals surface area contributed by atoms with E-state index in [1.54, 1.807) is 29.2 Å². The van der Waals surface area contributed by atoms with Gasteiger partial charge in [-0.25, -0.2) is 13.1 Å². The molecule has 0 aliphatic rings. The smallest absolute Gasteiger partial charge is 0.240 e. The standard InChI is InChI=1S/C20H26N2O3S/c1-15-5-9-18(16(2)13-15)14-22(4)20(23)12-8-17-6-10-19(11-7-17)26(24,25)21-3/h5-7,9-11,13,21H,8,12,14H2,1-4H3. The van der Waals surface area contributed by atoms with Gasteiger partial charge in [-0.3, -0.25) is 4.79 Å². The van der Waals surface area contributed by atoms with Crippen molar-refractivity contribution in [2.75, 3.05) is 14.1 Å². The molecule has 1 amide bonds. The minimum Gasteiger partial charge on any atom is -0.341 e. The molecule has 0 heterocycles. The molecule has 2 aromatic carbocycles. The van der Waals surface area contributed by atoms with Crippen LogP contribution in [0.25, 0.3) is 0 Å². The van der Waals surface area contributed by atoms with E-state index >= 15 is 0 Å². The molecule has 2 rings (SSSR count). The first-order valence-corrected chi connectivity index (χ1v) is 10.0. The summed E-state index contributed by atoms with van der Waals surface area (Å²) in [5.41, 5.74) is 4.48. The molecule has 1 N–H and O–H groups in total. The average molecular weight is 375 g/mol. The van der Waals surface area contributed by atoms with E-state index in [-0.39, 0.29) is 10.8 Å². The van der Waals surface area contributed by atoms with E-state index in [2.05, 4.69) is 36.8 Å². The van der Waals surface area contributed by atoms with Crippen molar-refractivity contribution < 1.29 is 13.2 Å². The number of hydrogen-bond acceptors (Lipinski definition) is 3. The second-order valence-corrected chi connectivity index (χ2v) is 8.42. The van der Waals surface area contributed by atoms with Gasteiger partial charge in [0.1, 0.15) is 0 Å². The van der Waals surface area contributed by atoms with E-state index in [0.29, 0.717) is 19.4 Å². The number of carbonyl (C=O) groups is 1. The van der Waals surface area contributed by atoms with Crippen molar-refractivity contribution in [2.24, 2.45) is 0 Å². The summed E-state index contributed by atoms with van der Waals surface area (Å²) in [6.07, 6.45) is 0.968. The summed E-state index contributed by atoms with van der Waals surface area (Å²) in [6.45, 7) is 4.70. The van der Waals surface area contributed by atoms with E-state index in [1.165, 1.54) is 18.2 Å². The van der Waals surface area contributed by atoms with Gasteiger partial charge in [0.25, 0.3) is 0 Å². The topological polar surface area (TPSA) is 66.5 Å². The van der Waals surface area contributed by atoms with Gasteiger partial charge in [0.15, 0.2) is 0 Å². The lowest BCUT2D eigenvalue weighted by atomic mass is 10.0. The predicted molar refractivity (Wildman–Crippen MR) is 103 cm³/mol. The summed E-state index contributed by atoms with van der Waals surface area (Å²) in [5, 5.41) is 0. The number of nitrogens with zero attached hydrogens (tertiary/aromatic N) is 1. The molecule has 6 heteroatoms. The normalized spacial score (nSPS) is 11.4. The maximum absolute atomic E-state index is 12.4. The van der Waals surface area contributed by atoms with Crippen LogP contribution in [0.3, 0.4) is 0 Å². The highest BCUT2D eigenvalue weighted by molar-refractivity contribution is 7.89. The maximum atomic E-state index is 12.4. The first-order valence-electron chi connectivity index (χ1n) is 8.55. The quantitative estimate of drug-likeness (QED) is 0.810. The highest BCUT2D eigenvalue weighted by atomic mass is 32.2. The summed E-state index contributed by atoms with van der Waals surface area (Å²) >= 11 is 0. The van der Waals surface area contributed by atoms with E-state index in [1.807, 2.05) is 7.05 Å². The number of rotatable bonds is 7. The van der Waals surface area contributed by atoms with Gasteiger partial charge in [-0.05, 0) is 56.1 Å². The van der Waals surface area contributed by atoms with E-state index in [4.69, 9.17) is 0 Å². The Morgan fingerprint density at radius 2 is 1.73 bits per heavy atom. The monoisotopic (exact) mass is 374 g/mol. The van der Waals surface area contributed by atoms with Gasteiger partial charge in [0, 0.05) is 20.0 Å². The van der Waals surface area contributed by atoms with Gasteiger partial charge >= 0.3 is 0 Å². The summed E-state index contributed by atoms with van der Waals surface area (Å²) in [4.78, 5) is 14.3. The van der Waals surface area contributed by atoms with E-state index < -0.39 is 10.0 Å². The Morgan fingerprint density at radius 3 is 2.31 bits per heavy atom. The lowest BCUT2D eigenvalue weighted by molar-refractivity contribution is -0.130. The Bertz CT molecular complexity index is 874. The van der Waals surface area contributed by atoms with Crippen LogP contribution >= 0.6 is 0 Å². The Morgan fingerprint density at radius 1 is 1.08 bits per heavy atom. The second-order valence-electron chi connectivity index (χ2n) is 6.53. The summed E-state index contributed by atoms with van der Waals surface area (Å²) in [6, 6.07) is 12.9. The van der Waals surface area contributed by atoms with Crippen molar-refractivity contribution in [1.29, 1.82) is 0 Å². The molecule has 0 atom stereocenters. The molecule has 26 heavy (non-hydrogen) atoms. The van der Waals surface area contributed by atoms with Gasteiger partial charge in [-0.2, -0.15) is 0 Å². The molecule has 0 aliphatic carbocycles. The van der Waals surface area contributed by atoms with Crippen LogP contribution in [0.4, 0.5) is 0 Å². The Hall–Kier alpha value is -2.18. The molecule has 0 saturated carbocycles. The third-order valence-corrected chi connectivity index (χ3v) is 5.89. The van der Waals surface area contributed by atoms with Crippen molar-refractivity contribution in [2.45, 2.75) is 38.1 Å². The molecular formula is C20H26N2O3S. The third-order valence-electron chi connectivity index (χ3n) is 4.46. The van der Waals surface area contributed by atoms with Crippen molar-refractivity contribution in [1.82, 2.24) is 9.62 Å². The molecule has 0 saturated heterocycles. The fourth-order valence-electron chi connectivity index (χ4n) is 2.76. The molecule has 0 unspecified atom stereocenters. The Balaban J connectivity index is 1.93. The van der Waals surface area contributed by atoms with Crippen molar-refractivity contribution in [3.05, 3.63) is 64.7 Å². The Kier molecular flexibility index (Phi) is 6.56. The SMILES string of the molecule is CNS(=O)(=O)c1ccc(CCC(=O)N(C)Cc2ccc(C)cc2C)cc1. The van der Waals surface area contributed by atoms with Gasteiger partial charge in [-0.1, -0.05) is 35.9 Å². The molecule has 0 radical (unpaired) electrons. The third kappa shape index (κ3) is 5.16. The first-order chi connectivity index (χ1) is 12.2. The molecular weight excluding hydrogens is 348 g/mol. The number of benzene rings is 2. The average Bonchev–Trinajstić information content (AvgIpc) is 2.62. The molecule has 0 spiro atoms. The fraction of sp³-hybridized carbons (Fsp3) is 0.350. The van der Waals surface area contributed by atoms with Crippen LogP contribution in [-0.2, 0) is 27.8 Å². The van der Waals surface area contributed by atoms with Crippen LogP contribution in [0.2, 0.25) is 0 Å². The predicted octanol–water partition coefficient (Wildman–Crippen LogP) is 2.80. The number of amides is 1. The minimum atomic E-state index is -3.43. The van der Waals surface area contributed by atoms with E-state index in [0.717, 1.165) is 11.1 Å². The highest BCUT2D eigenvalue weighted by Gasteiger charge is 2.13. The zero-order valence-electron chi connectivity index (χ0n) is 15.7. The maximum Gasteiger partial charge on any atom is 0.240 e.